The van der Waals surface area contributed by atoms with Crippen LogP contribution in [0.3, 0.4) is 0 Å². The Balaban J connectivity index is 1.80. The number of rotatable bonds is 3. The number of nitrogens with zero attached hydrogens (tertiary/aromatic N) is 1. The highest BCUT2D eigenvalue weighted by atomic mass is 35.5. The van der Waals surface area contributed by atoms with Crippen LogP contribution in [0.4, 0.5) is 5.82 Å². The molecule has 2 aliphatic rings. The Morgan fingerprint density at radius 1 is 1.26 bits per heavy atom. The summed E-state index contributed by atoms with van der Waals surface area (Å²) in [4.78, 5) is 4.32. The highest BCUT2D eigenvalue weighted by Gasteiger charge is 2.17. The van der Waals surface area contributed by atoms with Crippen LogP contribution in [0.25, 0.3) is 11.8 Å². The molecule has 4 rings (SSSR count). The van der Waals surface area contributed by atoms with Crippen molar-refractivity contribution >= 4 is 29.2 Å². The minimum atomic E-state index is 0.0928. The van der Waals surface area contributed by atoms with Gasteiger partial charge in [-0.25, -0.2) is 4.98 Å². The number of allylic oxidation sites excluding steroid dienone is 1. The van der Waals surface area contributed by atoms with Gasteiger partial charge in [-0.2, -0.15) is 0 Å². The molecule has 0 bridgehead atoms. The van der Waals surface area contributed by atoms with Gasteiger partial charge in [0, 0.05) is 34.1 Å². The van der Waals surface area contributed by atoms with E-state index < -0.39 is 0 Å². The fourth-order valence-corrected chi connectivity index (χ4v) is 4.29. The zero-order chi connectivity index (χ0) is 18.8. The van der Waals surface area contributed by atoms with Gasteiger partial charge < -0.3 is 16.4 Å². The monoisotopic (exact) mass is 380 g/mol. The summed E-state index contributed by atoms with van der Waals surface area (Å²) in [6.45, 7) is 4.20. The van der Waals surface area contributed by atoms with Crippen molar-refractivity contribution in [1.82, 2.24) is 15.6 Å². The van der Waals surface area contributed by atoms with E-state index in [9.17, 15) is 0 Å². The van der Waals surface area contributed by atoms with E-state index in [0.717, 1.165) is 52.7 Å². The molecule has 2 aromatic rings. The predicted molar refractivity (Wildman–Crippen MR) is 113 cm³/mol. The summed E-state index contributed by atoms with van der Waals surface area (Å²) in [6.07, 6.45) is 10.7. The molecule has 1 atom stereocenters. The Kier molecular flexibility index (Phi) is 5.19. The van der Waals surface area contributed by atoms with Crippen LogP contribution in [0, 0.1) is 6.92 Å². The number of nitrogen functional groups attached to an aromatic ring is 1. The molecule has 0 saturated carbocycles. The van der Waals surface area contributed by atoms with E-state index in [-0.39, 0.29) is 5.92 Å². The molecule has 1 aliphatic carbocycles. The van der Waals surface area contributed by atoms with Crippen molar-refractivity contribution in [2.75, 3.05) is 18.8 Å². The lowest BCUT2D eigenvalue weighted by Crippen LogP contribution is -2.42. The van der Waals surface area contributed by atoms with Crippen molar-refractivity contribution < 1.29 is 0 Å². The minimum Gasteiger partial charge on any atom is -0.384 e. The normalized spacial score (nSPS) is 19.9. The van der Waals surface area contributed by atoms with Crippen LogP contribution in [0.5, 0.6) is 0 Å². The Bertz CT molecular complexity index is 970. The number of aryl methyl sites for hydroxylation is 1. The van der Waals surface area contributed by atoms with E-state index in [1.165, 1.54) is 5.56 Å². The molecule has 1 aromatic carbocycles. The van der Waals surface area contributed by atoms with E-state index in [1.807, 2.05) is 24.4 Å². The topological polar surface area (TPSA) is 63.0 Å². The summed E-state index contributed by atoms with van der Waals surface area (Å²) < 4.78 is 0. The quantitative estimate of drug-likeness (QED) is 0.764. The molecule has 140 valence electrons. The molecule has 1 fully saturated rings. The van der Waals surface area contributed by atoms with Crippen molar-refractivity contribution in [1.29, 1.82) is 0 Å². The number of hydrogen-bond acceptors (Lipinski definition) is 4. The van der Waals surface area contributed by atoms with Crippen LogP contribution >= 0.6 is 11.6 Å². The molecular formula is C22H25ClN4. The molecule has 4 nitrogen and oxygen atoms in total. The third-order valence-electron chi connectivity index (χ3n) is 5.38. The first-order chi connectivity index (χ1) is 13.1. The second-order valence-corrected chi connectivity index (χ2v) is 7.71. The van der Waals surface area contributed by atoms with Gasteiger partial charge in [-0.3, -0.25) is 0 Å². The highest BCUT2D eigenvalue weighted by molar-refractivity contribution is 6.31. The van der Waals surface area contributed by atoms with Gasteiger partial charge in [0.1, 0.15) is 5.82 Å². The van der Waals surface area contributed by atoms with Crippen molar-refractivity contribution in [3.05, 3.63) is 69.2 Å². The van der Waals surface area contributed by atoms with Crippen molar-refractivity contribution in [2.45, 2.75) is 31.7 Å². The van der Waals surface area contributed by atoms with E-state index in [2.05, 4.69) is 46.8 Å². The molecule has 0 spiro atoms. The van der Waals surface area contributed by atoms with Gasteiger partial charge in [-0.1, -0.05) is 35.9 Å². The lowest BCUT2D eigenvalue weighted by Gasteiger charge is -2.25. The summed E-state index contributed by atoms with van der Waals surface area (Å²) in [5.41, 5.74) is 9.44. The zero-order valence-electron chi connectivity index (χ0n) is 15.5. The molecule has 1 saturated heterocycles. The Morgan fingerprint density at radius 2 is 2.07 bits per heavy atom. The van der Waals surface area contributed by atoms with Crippen LogP contribution in [-0.4, -0.2) is 24.1 Å². The van der Waals surface area contributed by atoms with Crippen LogP contribution in [0.1, 0.15) is 29.9 Å². The largest absolute Gasteiger partial charge is 0.384 e. The van der Waals surface area contributed by atoms with Gasteiger partial charge in [-0.15, -0.1) is 0 Å². The van der Waals surface area contributed by atoms with E-state index >= 15 is 0 Å². The number of pyridine rings is 1. The van der Waals surface area contributed by atoms with Crippen LogP contribution < -0.4 is 26.8 Å². The number of aromatic nitrogens is 1. The fourth-order valence-electron chi connectivity index (χ4n) is 3.95. The summed E-state index contributed by atoms with van der Waals surface area (Å²) in [7, 11) is 0. The number of hydrogen-bond donors (Lipinski definition) is 3. The predicted octanol–water partition coefficient (Wildman–Crippen LogP) is 2.21. The number of nitrogens with one attached hydrogen (secondary N) is 2. The fraction of sp³-hybridized carbons (Fsp3) is 0.318. The number of piperidine rings is 1. The highest BCUT2D eigenvalue weighted by Crippen LogP contribution is 2.30. The minimum absolute atomic E-state index is 0.0928. The van der Waals surface area contributed by atoms with Gasteiger partial charge >= 0.3 is 0 Å². The van der Waals surface area contributed by atoms with Crippen LogP contribution in [0.15, 0.2) is 42.6 Å². The first-order valence-corrected chi connectivity index (χ1v) is 9.88. The molecular weight excluding hydrogens is 356 g/mol. The number of benzene rings is 1. The molecule has 0 radical (unpaired) electrons. The van der Waals surface area contributed by atoms with Gasteiger partial charge in [0.05, 0.1) is 0 Å². The maximum absolute atomic E-state index is 6.54. The first-order valence-electron chi connectivity index (χ1n) is 9.50. The molecule has 2 heterocycles. The average Bonchev–Trinajstić information content (AvgIpc) is 2.82. The third-order valence-corrected chi connectivity index (χ3v) is 5.71. The second-order valence-electron chi connectivity index (χ2n) is 7.30. The number of nitrogens with two attached hydrogens (primary N) is 1. The number of fused-ring (bicyclic) bond motifs is 1. The summed E-state index contributed by atoms with van der Waals surface area (Å²) in [5, 5.41) is 10.1. The van der Waals surface area contributed by atoms with Crippen molar-refractivity contribution in [3.8, 4) is 0 Å². The van der Waals surface area contributed by atoms with E-state index in [0.29, 0.717) is 11.9 Å². The van der Waals surface area contributed by atoms with E-state index in [4.69, 9.17) is 17.3 Å². The number of anilines is 1. The first kappa shape index (κ1) is 18.1. The molecule has 27 heavy (non-hydrogen) atoms. The summed E-state index contributed by atoms with van der Waals surface area (Å²) >= 11 is 6.54. The average molecular weight is 381 g/mol. The lowest BCUT2D eigenvalue weighted by molar-refractivity contribution is 0.424. The molecule has 4 N–H and O–H groups in total. The van der Waals surface area contributed by atoms with Gasteiger partial charge in [0.2, 0.25) is 0 Å². The molecule has 0 amide bonds. The Morgan fingerprint density at radius 3 is 2.85 bits per heavy atom. The van der Waals surface area contributed by atoms with Crippen molar-refractivity contribution in [3.63, 3.8) is 0 Å². The second kappa shape index (κ2) is 7.75. The molecule has 5 heteroatoms. The molecule has 1 aromatic heterocycles. The molecule has 1 unspecified atom stereocenters. The van der Waals surface area contributed by atoms with Gasteiger partial charge in [0.25, 0.3) is 0 Å². The van der Waals surface area contributed by atoms with E-state index in [1.54, 1.807) is 0 Å². The maximum atomic E-state index is 6.54. The third kappa shape index (κ3) is 3.87. The SMILES string of the molecule is Cc1cccc(Cl)c1C1C=CC(NC2CCNCC2)=c2cc(N)ncc2=C1. The smallest absolute Gasteiger partial charge is 0.123 e. The van der Waals surface area contributed by atoms with Crippen LogP contribution in [-0.2, 0) is 0 Å². The van der Waals surface area contributed by atoms with Crippen LogP contribution in [0.2, 0.25) is 5.02 Å². The lowest BCUT2D eigenvalue weighted by atomic mass is 9.93. The van der Waals surface area contributed by atoms with Gasteiger partial charge in [-0.05, 0) is 67.4 Å². The molecule has 1 aliphatic heterocycles. The Hall–Kier alpha value is -2.30. The van der Waals surface area contributed by atoms with Crippen molar-refractivity contribution in [2.24, 2.45) is 0 Å². The standard InChI is InChI=1S/C22H25ClN4/c1-14-3-2-4-19(23)22(14)15-5-6-20(27-17-7-9-25-10-8-17)18-12-21(24)26-13-16(18)11-15/h2-6,11-13,15,17,25,27H,7-10,24H2,1H3. The Labute approximate surface area is 164 Å². The van der Waals surface area contributed by atoms with Gasteiger partial charge in [0.15, 0.2) is 0 Å². The zero-order valence-corrected chi connectivity index (χ0v) is 16.3. The summed E-state index contributed by atoms with van der Waals surface area (Å²) in [6, 6.07) is 8.48. The maximum Gasteiger partial charge on any atom is 0.123 e. The summed E-state index contributed by atoms with van der Waals surface area (Å²) in [5.74, 6) is 0.628. The number of halogens is 1.